The van der Waals surface area contributed by atoms with E-state index >= 15 is 0 Å². The molecule has 28 heavy (non-hydrogen) atoms. The van der Waals surface area contributed by atoms with E-state index in [-0.39, 0.29) is 28.1 Å². The number of thiazole rings is 1. The minimum atomic E-state index is -0.524. The van der Waals surface area contributed by atoms with Crippen LogP contribution in [0.1, 0.15) is 15.2 Å². The summed E-state index contributed by atoms with van der Waals surface area (Å²) in [5.41, 5.74) is 1.47. The lowest BCUT2D eigenvalue weighted by molar-refractivity contribution is -0.380. The zero-order valence-corrected chi connectivity index (χ0v) is 15.9. The Morgan fingerprint density at radius 2 is 1.89 bits per heavy atom. The number of nitrogens with zero attached hydrogens (tertiary/aromatic N) is 3. The molecule has 0 fully saturated rings. The largest absolute Gasteiger partial charge is 0.324 e. The maximum Gasteiger partial charge on any atom is 0.324 e. The minimum absolute atomic E-state index is 0.102. The molecule has 2 heterocycles. The number of thiophene rings is 1. The van der Waals surface area contributed by atoms with Gasteiger partial charge in [0.1, 0.15) is 5.82 Å². The van der Waals surface area contributed by atoms with Crippen molar-refractivity contribution < 1.29 is 14.1 Å². The van der Waals surface area contributed by atoms with Crippen molar-refractivity contribution in [2.75, 3.05) is 4.90 Å². The number of rotatable bonds is 5. The van der Waals surface area contributed by atoms with Crippen LogP contribution in [0.25, 0.3) is 10.2 Å². The van der Waals surface area contributed by atoms with Crippen molar-refractivity contribution in [1.29, 1.82) is 0 Å². The average molecular weight is 413 g/mol. The van der Waals surface area contributed by atoms with Gasteiger partial charge in [-0.15, -0.1) is 0 Å². The topological polar surface area (TPSA) is 76.3 Å². The highest BCUT2D eigenvalue weighted by molar-refractivity contribution is 7.22. The van der Waals surface area contributed by atoms with Crippen LogP contribution in [-0.4, -0.2) is 15.8 Å². The summed E-state index contributed by atoms with van der Waals surface area (Å²) >= 11 is 2.02. The number of carbonyl (C=O) groups is 1. The Bertz CT molecular complexity index is 1170. The third-order valence-corrected chi connectivity index (χ3v) is 6.05. The van der Waals surface area contributed by atoms with E-state index in [1.54, 1.807) is 6.07 Å². The van der Waals surface area contributed by atoms with Crippen molar-refractivity contribution in [1.82, 2.24) is 4.98 Å². The molecule has 0 saturated heterocycles. The number of anilines is 1. The first-order valence-electron chi connectivity index (χ1n) is 8.17. The highest BCUT2D eigenvalue weighted by Gasteiger charge is 2.25. The van der Waals surface area contributed by atoms with Gasteiger partial charge in [0.05, 0.1) is 26.6 Å². The van der Waals surface area contributed by atoms with Gasteiger partial charge in [-0.3, -0.25) is 19.8 Å². The van der Waals surface area contributed by atoms with Gasteiger partial charge in [-0.05, 0) is 29.8 Å². The third-order valence-electron chi connectivity index (χ3n) is 3.98. The number of hydrogen-bond donors (Lipinski definition) is 0. The number of fused-ring (bicyclic) bond motifs is 1. The summed E-state index contributed by atoms with van der Waals surface area (Å²) in [6, 6.07) is 16.4. The lowest BCUT2D eigenvalue weighted by Gasteiger charge is -2.19. The molecule has 0 aliphatic rings. The first-order chi connectivity index (χ1) is 13.5. The zero-order chi connectivity index (χ0) is 19.7. The van der Waals surface area contributed by atoms with Crippen LogP contribution >= 0.6 is 22.7 Å². The van der Waals surface area contributed by atoms with E-state index in [9.17, 15) is 19.3 Å². The normalized spacial score (nSPS) is 10.9. The van der Waals surface area contributed by atoms with Crippen LogP contribution in [0.4, 0.5) is 14.5 Å². The zero-order valence-electron chi connectivity index (χ0n) is 14.2. The van der Waals surface area contributed by atoms with Crippen molar-refractivity contribution in [2.24, 2.45) is 0 Å². The van der Waals surface area contributed by atoms with Gasteiger partial charge >= 0.3 is 5.00 Å². The Morgan fingerprint density at radius 1 is 1.11 bits per heavy atom. The highest BCUT2D eigenvalue weighted by Crippen LogP contribution is 2.33. The highest BCUT2D eigenvalue weighted by atomic mass is 32.1. The van der Waals surface area contributed by atoms with Gasteiger partial charge in [0, 0.05) is 6.07 Å². The van der Waals surface area contributed by atoms with Crippen molar-refractivity contribution in [2.45, 2.75) is 6.54 Å². The molecule has 6 nitrogen and oxygen atoms in total. The van der Waals surface area contributed by atoms with Gasteiger partial charge in [-0.25, -0.2) is 9.37 Å². The van der Waals surface area contributed by atoms with Crippen molar-refractivity contribution in [3.63, 3.8) is 0 Å². The first kappa shape index (κ1) is 18.2. The number of amides is 1. The van der Waals surface area contributed by atoms with Gasteiger partial charge in [0.15, 0.2) is 5.13 Å². The molecule has 0 atom stereocenters. The average Bonchev–Trinajstić information content (AvgIpc) is 3.33. The first-order valence-corrected chi connectivity index (χ1v) is 9.80. The number of carbonyl (C=O) groups excluding carboxylic acids is 1. The summed E-state index contributed by atoms with van der Waals surface area (Å²) in [6.45, 7) is 0.244. The van der Waals surface area contributed by atoms with Crippen LogP contribution < -0.4 is 4.90 Å². The molecule has 4 rings (SSSR count). The second-order valence-electron chi connectivity index (χ2n) is 5.88. The van der Waals surface area contributed by atoms with Crippen molar-refractivity contribution in [3.8, 4) is 0 Å². The van der Waals surface area contributed by atoms with Crippen LogP contribution in [0, 0.1) is 15.9 Å². The molecular weight excluding hydrogens is 401 g/mol. The predicted octanol–water partition coefficient (Wildman–Crippen LogP) is 5.25. The molecule has 0 N–H and O–H groups in total. The number of hydrogen-bond acceptors (Lipinski definition) is 6. The number of halogens is 1. The van der Waals surface area contributed by atoms with E-state index in [1.165, 1.54) is 40.5 Å². The minimum Gasteiger partial charge on any atom is -0.279 e. The van der Waals surface area contributed by atoms with Crippen LogP contribution in [0.2, 0.25) is 0 Å². The predicted molar refractivity (Wildman–Crippen MR) is 108 cm³/mol. The monoisotopic (exact) mass is 413 g/mol. The molecule has 0 unspecified atom stereocenters. The molecule has 4 aromatic rings. The van der Waals surface area contributed by atoms with Crippen molar-refractivity contribution in [3.05, 3.63) is 87.0 Å². The van der Waals surface area contributed by atoms with Crippen LogP contribution in [0.3, 0.4) is 0 Å². The van der Waals surface area contributed by atoms with Gasteiger partial charge in [0.25, 0.3) is 5.91 Å². The van der Waals surface area contributed by atoms with E-state index < -0.39 is 4.92 Å². The Balaban J connectivity index is 1.75. The fourth-order valence-corrected chi connectivity index (χ4v) is 4.43. The Kier molecular flexibility index (Phi) is 4.84. The molecule has 0 saturated carbocycles. The lowest BCUT2D eigenvalue weighted by atomic mass is 10.2. The Hall–Kier alpha value is -3.17. The quantitative estimate of drug-likeness (QED) is 0.331. The summed E-state index contributed by atoms with van der Waals surface area (Å²) in [6.07, 6.45) is 0. The van der Waals surface area contributed by atoms with Gasteiger partial charge in [-0.1, -0.05) is 53.0 Å². The smallest absolute Gasteiger partial charge is 0.279 e. The molecule has 2 aromatic carbocycles. The van der Waals surface area contributed by atoms with Gasteiger partial charge in [0.2, 0.25) is 0 Å². The van der Waals surface area contributed by atoms with Crippen molar-refractivity contribution >= 4 is 48.9 Å². The third kappa shape index (κ3) is 3.62. The summed E-state index contributed by atoms with van der Waals surface area (Å²) in [4.78, 5) is 29.7. The molecular formula is C19H12FN3O3S2. The van der Waals surface area contributed by atoms with Gasteiger partial charge < -0.3 is 0 Å². The lowest BCUT2D eigenvalue weighted by Crippen LogP contribution is -2.29. The fraction of sp³-hybridized carbons (Fsp3) is 0.0526. The molecule has 0 aliphatic carbocycles. The Morgan fingerprint density at radius 3 is 2.61 bits per heavy atom. The van der Waals surface area contributed by atoms with E-state index in [0.717, 1.165) is 16.9 Å². The second kappa shape index (κ2) is 7.45. The summed E-state index contributed by atoms with van der Waals surface area (Å²) in [5, 5.41) is 11.3. The van der Waals surface area contributed by atoms with E-state index in [0.29, 0.717) is 15.3 Å². The van der Waals surface area contributed by atoms with E-state index in [4.69, 9.17) is 0 Å². The molecule has 0 aliphatic heterocycles. The molecule has 140 valence electrons. The molecule has 0 bridgehead atoms. The number of benzene rings is 2. The molecule has 2 aromatic heterocycles. The maximum absolute atomic E-state index is 13.5. The summed E-state index contributed by atoms with van der Waals surface area (Å²) < 4.78 is 14.2. The SMILES string of the molecule is O=C(c1ccc([N+](=O)[O-])s1)N(Cc1ccccc1)c1nc2ccc(F)cc2s1. The second-order valence-corrected chi connectivity index (χ2v) is 7.95. The molecule has 9 heteroatoms. The van der Waals surface area contributed by atoms with Gasteiger partial charge in [-0.2, -0.15) is 0 Å². The van der Waals surface area contributed by atoms with E-state index in [1.807, 2.05) is 30.3 Å². The maximum atomic E-state index is 13.5. The molecule has 0 radical (unpaired) electrons. The Labute approximate surface area is 166 Å². The van der Waals surface area contributed by atoms with Crippen LogP contribution in [0.15, 0.2) is 60.7 Å². The van der Waals surface area contributed by atoms with E-state index in [2.05, 4.69) is 4.98 Å². The number of nitro groups is 1. The fourth-order valence-electron chi connectivity index (χ4n) is 2.67. The number of aromatic nitrogens is 1. The molecule has 1 amide bonds. The summed E-state index contributed by atoms with van der Waals surface area (Å²) in [5.74, 6) is -0.765. The summed E-state index contributed by atoms with van der Waals surface area (Å²) in [7, 11) is 0. The molecule has 0 spiro atoms. The van der Waals surface area contributed by atoms with Crippen LogP contribution in [0.5, 0.6) is 0 Å². The van der Waals surface area contributed by atoms with Crippen LogP contribution in [-0.2, 0) is 6.54 Å². The standard InChI is InChI=1S/C19H12FN3O3S2/c20-13-6-7-14-16(10-13)28-19(21-14)22(11-12-4-2-1-3-5-12)18(24)15-8-9-17(27-15)23(25)26/h1-10H,11H2.